The highest BCUT2D eigenvalue weighted by molar-refractivity contribution is 5.65. The second-order valence-electron chi connectivity index (χ2n) is 6.99. The normalized spacial score (nSPS) is 18.4. The maximum atomic E-state index is 5.99. The molecule has 1 N–H and O–H groups in total. The van der Waals surface area contributed by atoms with E-state index in [1.165, 1.54) is 21.6 Å². The molecule has 0 amide bonds. The van der Waals surface area contributed by atoms with E-state index in [0.717, 1.165) is 25.1 Å². The third-order valence-corrected chi connectivity index (χ3v) is 5.16. The number of hydrogen-bond donors (Lipinski definition) is 1. The molecule has 0 saturated carbocycles. The van der Waals surface area contributed by atoms with Gasteiger partial charge in [-0.2, -0.15) is 0 Å². The van der Waals surface area contributed by atoms with Crippen LogP contribution in [0.25, 0.3) is 17.0 Å². The van der Waals surface area contributed by atoms with Gasteiger partial charge in [-0.15, -0.1) is 10.2 Å². The minimum Gasteiger partial charge on any atom is -0.415 e. The first-order chi connectivity index (χ1) is 12.7. The Morgan fingerprint density at radius 2 is 1.81 bits per heavy atom. The van der Waals surface area contributed by atoms with E-state index < -0.39 is 0 Å². The fourth-order valence-corrected chi connectivity index (χ4v) is 3.54. The number of rotatable bonds is 4. The van der Waals surface area contributed by atoms with Crippen LogP contribution in [-0.2, 0) is 0 Å². The lowest BCUT2D eigenvalue weighted by Crippen LogP contribution is -3.12. The average Bonchev–Trinajstić information content (AvgIpc) is 3.18. The zero-order chi connectivity index (χ0) is 17.9. The van der Waals surface area contributed by atoms with E-state index in [9.17, 15) is 0 Å². The number of nitrogens with zero attached hydrogens (tertiary/aromatic N) is 2. The van der Waals surface area contributed by atoms with Crippen molar-refractivity contribution in [3.8, 4) is 11.5 Å². The quantitative estimate of drug-likeness (QED) is 0.786. The molecule has 0 fully saturated rings. The first kappa shape index (κ1) is 16.7. The molecule has 1 aliphatic rings. The molecule has 0 saturated heterocycles. The molecule has 0 bridgehead atoms. The predicted molar refractivity (Wildman–Crippen MR) is 103 cm³/mol. The Kier molecular flexibility index (Phi) is 4.67. The van der Waals surface area contributed by atoms with Crippen LogP contribution in [0.2, 0.25) is 0 Å². The number of aromatic nitrogens is 2. The van der Waals surface area contributed by atoms with Crippen LogP contribution in [-0.4, -0.2) is 23.3 Å². The minimum absolute atomic E-state index is 0.189. The molecule has 1 aliphatic heterocycles. The fourth-order valence-electron chi connectivity index (χ4n) is 3.54. The second-order valence-corrected chi connectivity index (χ2v) is 6.99. The van der Waals surface area contributed by atoms with Crippen molar-refractivity contribution in [3.05, 3.63) is 77.7 Å². The molecule has 26 heavy (non-hydrogen) atoms. The number of hydrogen-bond acceptors (Lipinski definition) is 3. The third kappa shape index (κ3) is 3.46. The van der Waals surface area contributed by atoms with Crippen LogP contribution in [0.5, 0.6) is 0 Å². The van der Waals surface area contributed by atoms with Gasteiger partial charge in [0.25, 0.3) is 5.89 Å². The van der Waals surface area contributed by atoms with Crippen LogP contribution in [0.15, 0.2) is 65.1 Å². The number of aryl methyl sites for hydroxylation is 1. The van der Waals surface area contributed by atoms with Gasteiger partial charge < -0.3 is 9.32 Å². The van der Waals surface area contributed by atoms with Crippen molar-refractivity contribution in [2.75, 3.05) is 13.1 Å². The Morgan fingerprint density at radius 3 is 2.54 bits per heavy atom. The Labute approximate surface area is 154 Å². The van der Waals surface area contributed by atoms with Crippen molar-refractivity contribution >= 4 is 5.57 Å². The summed E-state index contributed by atoms with van der Waals surface area (Å²) in [6.07, 6.45) is 3.42. The van der Waals surface area contributed by atoms with Crippen molar-refractivity contribution in [3.63, 3.8) is 0 Å². The Hall–Kier alpha value is -2.72. The average molecular weight is 346 g/mol. The van der Waals surface area contributed by atoms with Gasteiger partial charge in [-0.1, -0.05) is 48.0 Å². The lowest BCUT2D eigenvalue weighted by atomic mass is 9.99. The van der Waals surface area contributed by atoms with Gasteiger partial charge in [-0.05, 0) is 43.2 Å². The first-order valence-corrected chi connectivity index (χ1v) is 9.20. The standard InChI is InChI=1S/C22H23N3O/c1-16-7-6-10-20(15-16)22-24-23-21(26-22)17(2)25-13-11-19(12-14-25)18-8-4-3-5-9-18/h3-11,15,17H,12-14H2,1-2H3/p+1/t17-/m1/s1. The summed E-state index contributed by atoms with van der Waals surface area (Å²) in [6.45, 7) is 6.29. The summed E-state index contributed by atoms with van der Waals surface area (Å²) in [5.74, 6) is 1.32. The summed E-state index contributed by atoms with van der Waals surface area (Å²) in [7, 11) is 0. The maximum absolute atomic E-state index is 5.99. The lowest BCUT2D eigenvalue weighted by molar-refractivity contribution is -0.926. The Morgan fingerprint density at radius 1 is 1.00 bits per heavy atom. The van der Waals surface area contributed by atoms with Crippen LogP contribution in [0.1, 0.15) is 36.4 Å². The highest BCUT2D eigenvalue weighted by Crippen LogP contribution is 2.22. The van der Waals surface area contributed by atoms with E-state index in [2.05, 4.69) is 72.6 Å². The molecule has 0 aliphatic carbocycles. The van der Waals surface area contributed by atoms with Crippen LogP contribution < -0.4 is 4.90 Å². The molecule has 4 nitrogen and oxygen atoms in total. The Balaban J connectivity index is 1.47. The summed E-state index contributed by atoms with van der Waals surface area (Å²) in [5, 5.41) is 8.58. The van der Waals surface area contributed by atoms with Crippen LogP contribution in [0.4, 0.5) is 0 Å². The topological polar surface area (TPSA) is 43.4 Å². The van der Waals surface area contributed by atoms with Crippen molar-refractivity contribution in [2.45, 2.75) is 26.3 Å². The predicted octanol–water partition coefficient (Wildman–Crippen LogP) is 3.48. The molecule has 2 heterocycles. The summed E-state index contributed by atoms with van der Waals surface area (Å²) in [6, 6.07) is 19.0. The van der Waals surface area contributed by atoms with Crippen LogP contribution >= 0.6 is 0 Å². The van der Waals surface area contributed by atoms with Gasteiger partial charge in [-0.25, -0.2) is 0 Å². The highest BCUT2D eigenvalue weighted by Gasteiger charge is 2.27. The van der Waals surface area contributed by atoms with E-state index in [1.807, 2.05) is 12.1 Å². The number of nitrogens with one attached hydrogen (secondary N) is 1. The van der Waals surface area contributed by atoms with Crippen molar-refractivity contribution in [1.29, 1.82) is 0 Å². The molecule has 2 atom stereocenters. The summed E-state index contributed by atoms with van der Waals surface area (Å²) in [5.41, 5.74) is 4.94. The smallest absolute Gasteiger partial charge is 0.274 e. The van der Waals surface area contributed by atoms with Crippen molar-refractivity contribution < 1.29 is 9.32 Å². The number of quaternary nitrogens is 1. The molecule has 4 rings (SSSR count). The van der Waals surface area contributed by atoms with Gasteiger partial charge in [0, 0.05) is 12.0 Å². The Bertz CT molecular complexity index is 914. The van der Waals surface area contributed by atoms with Crippen molar-refractivity contribution in [1.82, 2.24) is 10.2 Å². The fraction of sp³-hybridized carbons (Fsp3) is 0.273. The van der Waals surface area contributed by atoms with Gasteiger partial charge in [0.1, 0.15) is 0 Å². The molecular weight excluding hydrogens is 322 g/mol. The minimum atomic E-state index is 0.189. The molecule has 132 valence electrons. The summed E-state index contributed by atoms with van der Waals surface area (Å²) < 4.78 is 5.99. The molecule has 0 radical (unpaired) electrons. The van der Waals surface area contributed by atoms with Gasteiger partial charge >= 0.3 is 0 Å². The zero-order valence-electron chi connectivity index (χ0n) is 15.3. The van der Waals surface area contributed by atoms with Crippen LogP contribution in [0, 0.1) is 6.92 Å². The molecule has 3 aromatic rings. The molecular formula is C22H24N3O+. The van der Waals surface area contributed by atoms with E-state index in [1.54, 1.807) is 0 Å². The summed E-state index contributed by atoms with van der Waals surface area (Å²) in [4.78, 5) is 1.46. The third-order valence-electron chi connectivity index (χ3n) is 5.16. The van der Waals surface area contributed by atoms with Gasteiger partial charge in [0.15, 0.2) is 6.04 Å². The van der Waals surface area contributed by atoms with E-state index in [-0.39, 0.29) is 6.04 Å². The monoisotopic (exact) mass is 346 g/mol. The van der Waals surface area contributed by atoms with E-state index in [0.29, 0.717) is 11.8 Å². The number of benzene rings is 2. The SMILES string of the molecule is Cc1cccc(-c2nnc([C@@H](C)[NH+]3CC=C(c4ccccc4)CC3)o2)c1. The van der Waals surface area contributed by atoms with E-state index in [4.69, 9.17) is 4.42 Å². The lowest BCUT2D eigenvalue weighted by Gasteiger charge is -2.27. The molecule has 1 unspecified atom stereocenters. The highest BCUT2D eigenvalue weighted by atomic mass is 16.4. The van der Waals surface area contributed by atoms with Gasteiger partial charge in [0.2, 0.25) is 5.89 Å². The molecule has 0 spiro atoms. The van der Waals surface area contributed by atoms with Crippen molar-refractivity contribution in [2.24, 2.45) is 0 Å². The van der Waals surface area contributed by atoms with Gasteiger partial charge in [0.05, 0.1) is 13.1 Å². The molecule has 1 aromatic heterocycles. The van der Waals surface area contributed by atoms with Crippen LogP contribution in [0.3, 0.4) is 0 Å². The molecule has 2 aromatic carbocycles. The summed E-state index contributed by atoms with van der Waals surface area (Å²) >= 11 is 0. The maximum Gasteiger partial charge on any atom is 0.274 e. The first-order valence-electron chi connectivity index (χ1n) is 9.20. The molecule has 4 heteroatoms. The van der Waals surface area contributed by atoms with Gasteiger partial charge in [-0.3, -0.25) is 0 Å². The second kappa shape index (κ2) is 7.26. The van der Waals surface area contributed by atoms with E-state index >= 15 is 0 Å². The zero-order valence-corrected chi connectivity index (χ0v) is 15.3. The largest absolute Gasteiger partial charge is 0.415 e.